The van der Waals surface area contributed by atoms with Crippen molar-refractivity contribution in [1.82, 2.24) is 24.6 Å². The van der Waals surface area contributed by atoms with Gasteiger partial charge >= 0.3 is 6.09 Å². The van der Waals surface area contributed by atoms with Gasteiger partial charge in [0.05, 0.1) is 29.7 Å². The van der Waals surface area contributed by atoms with Crippen LogP contribution in [0.4, 0.5) is 16.3 Å². The van der Waals surface area contributed by atoms with Crippen molar-refractivity contribution in [3.8, 4) is 17.0 Å². The first kappa shape index (κ1) is 27.2. The van der Waals surface area contributed by atoms with Crippen LogP contribution in [0.1, 0.15) is 52.5 Å². The van der Waals surface area contributed by atoms with Gasteiger partial charge in [-0.15, -0.1) is 0 Å². The summed E-state index contributed by atoms with van der Waals surface area (Å²) in [7, 11) is 3.79. The monoisotopic (exact) mass is 535 g/mol. The lowest BCUT2D eigenvalue weighted by Crippen LogP contribution is -2.47. The first-order valence-electron chi connectivity index (χ1n) is 13.9. The van der Waals surface area contributed by atoms with Gasteiger partial charge in [-0.05, 0) is 84.8 Å². The van der Waals surface area contributed by atoms with Gasteiger partial charge in [-0.1, -0.05) is 6.07 Å². The smallest absolute Gasteiger partial charge is 0.412 e. The zero-order valence-corrected chi connectivity index (χ0v) is 23.7. The number of nitrogens with zero attached hydrogens (tertiary/aromatic N) is 5. The van der Waals surface area contributed by atoms with Gasteiger partial charge in [-0.25, -0.2) is 9.78 Å². The van der Waals surface area contributed by atoms with E-state index in [4.69, 9.17) is 20.3 Å². The molecule has 2 aromatic heterocycles. The normalized spacial score (nSPS) is 18.4. The Morgan fingerprint density at radius 3 is 2.41 bits per heavy atom. The SMILES string of the molecule is COc1cc(-c2nn(C3CCN(C4CCN(C)CC4)CC3)c3ccnc(N)c23)ccc1NC(=O)OC(C)(C)C. The molecular formula is C29H41N7O3. The molecule has 2 fully saturated rings. The number of piperidine rings is 2. The lowest BCUT2D eigenvalue weighted by Gasteiger charge is -2.41. The predicted octanol–water partition coefficient (Wildman–Crippen LogP) is 4.77. The lowest BCUT2D eigenvalue weighted by atomic mass is 9.98. The van der Waals surface area contributed by atoms with Crippen molar-refractivity contribution in [3.05, 3.63) is 30.5 Å². The Kier molecular flexibility index (Phi) is 7.68. The zero-order chi connectivity index (χ0) is 27.7. The summed E-state index contributed by atoms with van der Waals surface area (Å²) in [6.45, 7) is 9.99. The predicted molar refractivity (Wildman–Crippen MR) is 154 cm³/mol. The molecule has 4 heterocycles. The van der Waals surface area contributed by atoms with E-state index in [1.54, 1.807) is 19.4 Å². The molecule has 1 aromatic carbocycles. The molecule has 10 heteroatoms. The number of carbonyl (C=O) groups excluding carboxylic acids is 1. The summed E-state index contributed by atoms with van der Waals surface area (Å²) in [6, 6.07) is 8.56. The van der Waals surface area contributed by atoms with Crippen molar-refractivity contribution in [2.45, 2.75) is 64.1 Å². The summed E-state index contributed by atoms with van der Waals surface area (Å²) in [5.41, 5.74) is 8.92. The number of hydrogen-bond donors (Lipinski definition) is 2. The van der Waals surface area contributed by atoms with Crippen molar-refractivity contribution in [1.29, 1.82) is 0 Å². The summed E-state index contributed by atoms with van der Waals surface area (Å²) in [6.07, 6.45) is 5.81. The second-order valence-corrected chi connectivity index (χ2v) is 11.7. The van der Waals surface area contributed by atoms with Crippen molar-refractivity contribution in [2.75, 3.05) is 51.4 Å². The van der Waals surface area contributed by atoms with Gasteiger partial charge in [-0.2, -0.15) is 5.10 Å². The number of nitrogens with one attached hydrogen (secondary N) is 1. The molecule has 2 aliphatic rings. The van der Waals surface area contributed by atoms with E-state index in [0.29, 0.717) is 29.3 Å². The molecule has 0 radical (unpaired) electrons. The maximum absolute atomic E-state index is 12.4. The third kappa shape index (κ3) is 5.96. The molecule has 210 valence electrons. The van der Waals surface area contributed by atoms with Crippen molar-refractivity contribution < 1.29 is 14.3 Å². The minimum atomic E-state index is -0.600. The van der Waals surface area contributed by atoms with E-state index < -0.39 is 11.7 Å². The minimum Gasteiger partial charge on any atom is -0.495 e. The van der Waals surface area contributed by atoms with Crippen LogP contribution in [0.15, 0.2) is 30.5 Å². The topological polar surface area (TPSA) is 111 Å². The summed E-state index contributed by atoms with van der Waals surface area (Å²) in [5.74, 6) is 0.961. The molecule has 5 rings (SSSR count). The van der Waals surface area contributed by atoms with Gasteiger partial charge < -0.3 is 25.0 Å². The van der Waals surface area contributed by atoms with Crippen molar-refractivity contribution >= 4 is 28.5 Å². The summed E-state index contributed by atoms with van der Waals surface area (Å²) < 4.78 is 13.2. The van der Waals surface area contributed by atoms with E-state index >= 15 is 0 Å². The quantitative estimate of drug-likeness (QED) is 0.481. The minimum absolute atomic E-state index is 0.292. The molecule has 39 heavy (non-hydrogen) atoms. The maximum atomic E-state index is 12.4. The number of pyridine rings is 1. The maximum Gasteiger partial charge on any atom is 0.412 e. The summed E-state index contributed by atoms with van der Waals surface area (Å²) in [5, 5.41) is 8.73. The van der Waals surface area contributed by atoms with Gasteiger partial charge in [0.2, 0.25) is 0 Å². The number of ether oxygens (including phenoxy) is 2. The number of fused-ring (bicyclic) bond motifs is 1. The standard InChI is InChI=1S/C29H41N7O3/c1-29(2,3)39-28(37)32-22-7-6-19(18-24(22)38-5)26-25-23(8-13-31-27(25)30)36(33-26)21-11-16-35(17-12-21)20-9-14-34(4)15-10-20/h6-8,13,18,20-21H,9-12,14-17H2,1-5H3,(H2,30,31)(H,32,37). The number of nitrogen functional groups attached to an aromatic ring is 1. The van der Waals surface area contributed by atoms with Gasteiger partial charge in [-0.3, -0.25) is 10.00 Å². The fourth-order valence-corrected chi connectivity index (χ4v) is 5.80. The highest BCUT2D eigenvalue weighted by atomic mass is 16.6. The number of benzene rings is 1. The Labute approximate surface area is 230 Å². The van der Waals surface area contributed by atoms with Crippen LogP contribution < -0.4 is 15.8 Å². The average Bonchev–Trinajstić information content (AvgIpc) is 3.29. The first-order chi connectivity index (χ1) is 18.6. The second kappa shape index (κ2) is 11.0. The number of rotatable bonds is 5. The van der Waals surface area contributed by atoms with Crippen LogP contribution in [-0.4, -0.2) is 82.6 Å². The van der Waals surface area contributed by atoms with Crippen LogP contribution in [-0.2, 0) is 4.74 Å². The van der Waals surface area contributed by atoms with E-state index in [2.05, 4.69) is 31.8 Å². The molecule has 0 aliphatic carbocycles. The van der Waals surface area contributed by atoms with Crippen LogP contribution >= 0.6 is 0 Å². The molecule has 0 bridgehead atoms. The van der Waals surface area contributed by atoms with E-state index in [9.17, 15) is 4.79 Å². The fourth-order valence-electron chi connectivity index (χ4n) is 5.80. The summed E-state index contributed by atoms with van der Waals surface area (Å²) >= 11 is 0. The van der Waals surface area contributed by atoms with Crippen LogP contribution in [0.5, 0.6) is 5.75 Å². The molecule has 0 atom stereocenters. The van der Waals surface area contributed by atoms with Gasteiger partial charge in [0, 0.05) is 30.9 Å². The molecule has 0 spiro atoms. The molecule has 3 N–H and O–H groups in total. The molecule has 0 saturated carbocycles. The van der Waals surface area contributed by atoms with Crippen molar-refractivity contribution in [2.24, 2.45) is 0 Å². The third-order valence-electron chi connectivity index (χ3n) is 7.81. The van der Waals surface area contributed by atoms with E-state index in [1.165, 1.54) is 25.9 Å². The third-order valence-corrected chi connectivity index (χ3v) is 7.81. The fraction of sp³-hybridized carbons (Fsp3) is 0.552. The Hall–Kier alpha value is -3.37. The Morgan fingerprint density at radius 1 is 1.05 bits per heavy atom. The lowest BCUT2D eigenvalue weighted by molar-refractivity contribution is 0.0635. The Bertz CT molecular complexity index is 1320. The number of anilines is 2. The number of likely N-dealkylation sites (tertiary alicyclic amines) is 2. The van der Waals surface area contributed by atoms with Gasteiger partial charge in [0.1, 0.15) is 22.9 Å². The van der Waals surface area contributed by atoms with E-state index in [0.717, 1.165) is 48.1 Å². The van der Waals surface area contributed by atoms with Crippen LogP contribution in [0, 0.1) is 0 Å². The largest absolute Gasteiger partial charge is 0.495 e. The first-order valence-corrected chi connectivity index (χ1v) is 13.9. The summed E-state index contributed by atoms with van der Waals surface area (Å²) in [4.78, 5) is 21.8. The number of nitrogens with two attached hydrogens (primary N) is 1. The highest BCUT2D eigenvalue weighted by Gasteiger charge is 2.30. The number of methoxy groups -OCH3 is 1. The highest BCUT2D eigenvalue weighted by molar-refractivity contribution is 6.00. The Balaban J connectivity index is 1.40. The molecule has 2 saturated heterocycles. The number of aromatic nitrogens is 3. The molecule has 0 unspecified atom stereocenters. The molecular weight excluding hydrogens is 494 g/mol. The molecule has 3 aromatic rings. The number of hydrogen-bond acceptors (Lipinski definition) is 8. The Morgan fingerprint density at radius 2 is 1.74 bits per heavy atom. The molecule has 1 amide bonds. The second-order valence-electron chi connectivity index (χ2n) is 11.7. The van der Waals surface area contributed by atoms with Crippen molar-refractivity contribution in [3.63, 3.8) is 0 Å². The molecule has 2 aliphatic heterocycles. The molecule has 10 nitrogen and oxygen atoms in total. The van der Waals surface area contributed by atoms with Crippen LogP contribution in [0.2, 0.25) is 0 Å². The number of carbonyl (C=O) groups is 1. The van der Waals surface area contributed by atoms with Crippen LogP contribution in [0.3, 0.4) is 0 Å². The average molecular weight is 536 g/mol. The van der Waals surface area contributed by atoms with E-state index in [-0.39, 0.29) is 0 Å². The number of amides is 1. The highest BCUT2D eigenvalue weighted by Crippen LogP contribution is 2.38. The van der Waals surface area contributed by atoms with Gasteiger partial charge in [0.25, 0.3) is 0 Å². The van der Waals surface area contributed by atoms with Gasteiger partial charge in [0.15, 0.2) is 0 Å². The zero-order valence-electron chi connectivity index (χ0n) is 23.7. The van der Waals surface area contributed by atoms with Crippen LogP contribution in [0.25, 0.3) is 22.2 Å². The van der Waals surface area contributed by atoms with E-state index in [1.807, 2.05) is 39.0 Å².